The minimum atomic E-state index is -0.400. The van der Waals surface area contributed by atoms with Gasteiger partial charge in [0, 0.05) is 5.69 Å². The molecule has 4 rings (SSSR count). The van der Waals surface area contributed by atoms with Crippen LogP contribution in [0, 0.1) is 13.8 Å². The van der Waals surface area contributed by atoms with Crippen molar-refractivity contribution >= 4 is 28.8 Å². The second-order valence-electron chi connectivity index (χ2n) is 7.78. The van der Waals surface area contributed by atoms with Gasteiger partial charge in [-0.2, -0.15) is 0 Å². The van der Waals surface area contributed by atoms with E-state index in [0.29, 0.717) is 34.9 Å². The predicted molar refractivity (Wildman–Crippen MR) is 130 cm³/mol. The van der Waals surface area contributed by atoms with Crippen LogP contribution in [0.3, 0.4) is 0 Å². The number of nitrogens with zero attached hydrogens (tertiary/aromatic N) is 1. The minimum absolute atomic E-state index is 0.229. The molecule has 6 nitrogen and oxygen atoms in total. The molecular weight excluding hydrogens is 416 g/mol. The molecule has 0 aliphatic carbocycles. The summed E-state index contributed by atoms with van der Waals surface area (Å²) < 4.78 is 10.7. The van der Waals surface area contributed by atoms with Gasteiger partial charge in [0.25, 0.3) is 11.8 Å². The normalized spacial score (nSPS) is 13.5. The van der Waals surface area contributed by atoms with Gasteiger partial charge in [0.15, 0.2) is 0 Å². The number of amides is 2. The second-order valence-corrected chi connectivity index (χ2v) is 7.78. The van der Waals surface area contributed by atoms with Crippen LogP contribution in [0.4, 0.5) is 11.4 Å². The Bertz CT molecular complexity index is 1230. The first-order valence-electron chi connectivity index (χ1n) is 10.8. The third kappa shape index (κ3) is 4.32. The molecule has 0 fully saturated rings. The Labute approximate surface area is 193 Å². The zero-order valence-electron chi connectivity index (χ0n) is 19.1. The number of methoxy groups -OCH3 is 1. The number of anilines is 2. The summed E-state index contributed by atoms with van der Waals surface area (Å²) in [6, 6.07) is 20.0. The van der Waals surface area contributed by atoms with Gasteiger partial charge in [0.2, 0.25) is 0 Å². The highest BCUT2D eigenvalue weighted by atomic mass is 16.5. The molecule has 1 heterocycles. The van der Waals surface area contributed by atoms with Crippen molar-refractivity contribution in [2.45, 2.75) is 20.8 Å². The summed E-state index contributed by atoms with van der Waals surface area (Å²) >= 11 is 0. The van der Waals surface area contributed by atoms with Crippen LogP contribution in [0.25, 0.3) is 5.57 Å². The molecule has 0 unspecified atom stereocenters. The third-order valence-corrected chi connectivity index (χ3v) is 5.65. The highest BCUT2D eigenvalue weighted by Crippen LogP contribution is 2.35. The fraction of sp³-hybridized carbons (Fsp3) is 0.185. The molecule has 0 saturated carbocycles. The average molecular weight is 443 g/mol. The molecule has 1 aliphatic heterocycles. The zero-order valence-corrected chi connectivity index (χ0v) is 19.1. The Hall–Kier alpha value is -4.06. The number of rotatable bonds is 7. The van der Waals surface area contributed by atoms with Gasteiger partial charge in [-0.25, -0.2) is 4.90 Å². The summed E-state index contributed by atoms with van der Waals surface area (Å²) in [7, 11) is 1.58. The lowest BCUT2D eigenvalue weighted by Crippen LogP contribution is -2.32. The lowest BCUT2D eigenvalue weighted by Gasteiger charge is -2.17. The van der Waals surface area contributed by atoms with Gasteiger partial charge in [-0.05, 0) is 86.0 Å². The van der Waals surface area contributed by atoms with Crippen LogP contribution < -0.4 is 19.7 Å². The molecule has 33 heavy (non-hydrogen) atoms. The van der Waals surface area contributed by atoms with Crippen molar-refractivity contribution in [3.8, 4) is 11.5 Å². The first kappa shape index (κ1) is 22.1. The number of nitrogens with one attached hydrogen (secondary N) is 1. The van der Waals surface area contributed by atoms with E-state index in [9.17, 15) is 9.59 Å². The monoisotopic (exact) mass is 442 g/mol. The molecule has 0 atom stereocenters. The van der Waals surface area contributed by atoms with E-state index in [4.69, 9.17) is 9.47 Å². The highest BCUT2D eigenvalue weighted by Gasteiger charge is 2.40. The standard InChI is InChI=1S/C27H26N2O4/c1-5-33-23-14-9-20(10-15-23)28-25-24(19-7-12-22(32-4)13-8-19)26(30)29(27(25)31)21-11-6-17(2)18(3)16-21/h6-16,28H,5H2,1-4H3. The zero-order chi connectivity index (χ0) is 23.5. The number of carbonyl (C=O) groups is 2. The fourth-order valence-corrected chi connectivity index (χ4v) is 3.72. The molecule has 0 bridgehead atoms. The molecule has 0 aromatic heterocycles. The summed E-state index contributed by atoms with van der Waals surface area (Å²) in [5, 5.41) is 3.17. The number of imide groups is 1. The minimum Gasteiger partial charge on any atom is -0.497 e. The van der Waals surface area contributed by atoms with Gasteiger partial charge in [0.1, 0.15) is 17.2 Å². The smallest absolute Gasteiger partial charge is 0.282 e. The number of benzene rings is 3. The maximum absolute atomic E-state index is 13.6. The first-order valence-corrected chi connectivity index (χ1v) is 10.8. The average Bonchev–Trinajstić information content (AvgIpc) is 3.06. The summed E-state index contributed by atoms with van der Waals surface area (Å²) in [5.74, 6) is 0.631. The molecule has 6 heteroatoms. The van der Waals surface area contributed by atoms with Crippen LogP contribution in [-0.4, -0.2) is 25.5 Å². The summed E-state index contributed by atoms with van der Waals surface area (Å²) in [5.41, 5.74) is 4.50. The fourth-order valence-electron chi connectivity index (χ4n) is 3.72. The van der Waals surface area contributed by atoms with Crippen LogP contribution in [0.1, 0.15) is 23.6 Å². The first-order chi connectivity index (χ1) is 15.9. The molecule has 3 aromatic carbocycles. The van der Waals surface area contributed by atoms with E-state index in [1.165, 1.54) is 4.90 Å². The van der Waals surface area contributed by atoms with Gasteiger partial charge in [-0.1, -0.05) is 18.2 Å². The number of carbonyl (C=O) groups excluding carboxylic acids is 2. The number of aryl methyl sites for hydroxylation is 2. The lowest BCUT2D eigenvalue weighted by atomic mass is 10.0. The molecule has 1 aliphatic rings. The Morgan fingerprint density at radius 1 is 0.818 bits per heavy atom. The molecule has 1 N–H and O–H groups in total. The van der Waals surface area contributed by atoms with E-state index in [-0.39, 0.29) is 11.6 Å². The van der Waals surface area contributed by atoms with Crippen molar-refractivity contribution in [2.24, 2.45) is 0 Å². The van der Waals surface area contributed by atoms with Crippen LogP contribution in [0.15, 0.2) is 72.4 Å². The van der Waals surface area contributed by atoms with E-state index in [1.54, 1.807) is 37.4 Å². The molecule has 0 saturated heterocycles. The van der Waals surface area contributed by atoms with Gasteiger partial charge in [0.05, 0.1) is 25.0 Å². The summed E-state index contributed by atoms with van der Waals surface area (Å²) in [6.45, 7) is 6.44. The number of hydrogen-bond donors (Lipinski definition) is 1. The Balaban J connectivity index is 1.77. The quantitative estimate of drug-likeness (QED) is 0.515. The number of ether oxygens (including phenoxy) is 2. The molecule has 168 valence electrons. The Morgan fingerprint density at radius 2 is 1.48 bits per heavy atom. The molecule has 0 spiro atoms. The van der Waals surface area contributed by atoms with Gasteiger partial charge in [-0.3, -0.25) is 9.59 Å². The van der Waals surface area contributed by atoms with E-state index in [1.807, 2.05) is 57.2 Å². The van der Waals surface area contributed by atoms with Crippen molar-refractivity contribution in [2.75, 3.05) is 23.9 Å². The molecule has 2 amide bonds. The lowest BCUT2D eigenvalue weighted by molar-refractivity contribution is -0.120. The molecule has 0 radical (unpaired) electrons. The topological polar surface area (TPSA) is 67.9 Å². The van der Waals surface area contributed by atoms with E-state index >= 15 is 0 Å². The van der Waals surface area contributed by atoms with E-state index in [2.05, 4.69) is 5.32 Å². The third-order valence-electron chi connectivity index (χ3n) is 5.65. The SMILES string of the molecule is CCOc1ccc(NC2=C(c3ccc(OC)cc3)C(=O)N(c3ccc(C)c(C)c3)C2=O)cc1. The maximum atomic E-state index is 13.6. The molecule has 3 aromatic rings. The largest absolute Gasteiger partial charge is 0.497 e. The predicted octanol–water partition coefficient (Wildman–Crippen LogP) is 5.11. The summed E-state index contributed by atoms with van der Waals surface area (Å²) in [4.78, 5) is 28.3. The van der Waals surface area contributed by atoms with Gasteiger partial charge >= 0.3 is 0 Å². The molecular formula is C27H26N2O4. The van der Waals surface area contributed by atoms with Crippen molar-refractivity contribution < 1.29 is 19.1 Å². The highest BCUT2D eigenvalue weighted by molar-refractivity contribution is 6.46. The van der Waals surface area contributed by atoms with Crippen LogP contribution in [0.2, 0.25) is 0 Å². The van der Waals surface area contributed by atoms with E-state index in [0.717, 1.165) is 16.9 Å². The summed E-state index contributed by atoms with van der Waals surface area (Å²) in [6.07, 6.45) is 0. The van der Waals surface area contributed by atoms with Crippen LogP contribution in [0.5, 0.6) is 11.5 Å². The van der Waals surface area contributed by atoms with Crippen molar-refractivity contribution in [3.63, 3.8) is 0 Å². The van der Waals surface area contributed by atoms with Crippen molar-refractivity contribution in [3.05, 3.63) is 89.1 Å². The number of hydrogen-bond acceptors (Lipinski definition) is 5. The van der Waals surface area contributed by atoms with Crippen LogP contribution >= 0.6 is 0 Å². The van der Waals surface area contributed by atoms with Crippen LogP contribution in [-0.2, 0) is 9.59 Å². The van der Waals surface area contributed by atoms with Gasteiger partial charge in [-0.15, -0.1) is 0 Å². The van der Waals surface area contributed by atoms with E-state index < -0.39 is 5.91 Å². The maximum Gasteiger partial charge on any atom is 0.282 e. The van der Waals surface area contributed by atoms with Gasteiger partial charge < -0.3 is 14.8 Å². The van der Waals surface area contributed by atoms with Crippen molar-refractivity contribution in [1.29, 1.82) is 0 Å². The Morgan fingerprint density at radius 3 is 2.09 bits per heavy atom. The van der Waals surface area contributed by atoms with Crippen molar-refractivity contribution in [1.82, 2.24) is 0 Å². The Kier molecular flexibility index (Phi) is 6.18. The second kappa shape index (κ2) is 9.20.